The second-order valence-electron chi connectivity index (χ2n) is 10.1. The largest absolute Gasteiger partial charge is 0.301 e. The first-order valence-electron chi connectivity index (χ1n) is 14.4. The van der Waals surface area contributed by atoms with Crippen molar-refractivity contribution in [2.45, 2.75) is 110 Å². The fourth-order valence-corrected chi connectivity index (χ4v) is 4.70. The summed E-state index contributed by atoms with van der Waals surface area (Å²) in [4.78, 5) is 21.2. The van der Waals surface area contributed by atoms with Gasteiger partial charge < -0.3 is 0 Å². The molecule has 214 valence electrons. The molecule has 2 aromatic rings. The van der Waals surface area contributed by atoms with Crippen molar-refractivity contribution in [3.8, 4) is 0 Å². The number of halogens is 1. The lowest BCUT2D eigenvalue weighted by molar-refractivity contribution is -0.393. The Morgan fingerprint density at radius 3 is 1.74 bits per heavy atom. The van der Waals surface area contributed by atoms with Crippen LogP contribution in [0.1, 0.15) is 115 Å². The van der Waals surface area contributed by atoms with Crippen LogP contribution < -0.4 is 5.43 Å². The lowest BCUT2D eigenvalue weighted by Crippen LogP contribution is -2.06. The second kappa shape index (κ2) is 19.1. The molecule has 0 amide bonds. The molecule has 0 aliphatic heterocycles. The van der Waals surface area contributed by atoms with E-state index in [1.165, 1.54) is 95.6 Å². The van der Waals surface area contributed by atoms with Gasteiger partial charge in [-0.05, 0) is 36.6 Å². The zero-order chi connectivity index (χ0) is 28.3. The van der Waals surface area contributed by atoms with Crippen LogP contribution in [0.4, 0.5) is 17.1 Å². The van der Waals surface area contributed by atoms with Gasteiger partial charge >= 0.3 is 5.69 Å². The topological polar surface area (TPSA) is 111 Å². The van der Waals surface area contributed by atoms with Gasteiger partial charge in [-0.3, -0.25) is 25.7 Å². The first-order valence-corrected chi connectivity index (χ1v) is 14.8. The highest BCUT2D eigenvalue weighted by atomic mass is 35.5. The Bertz CT molecular complexity index is 1040. The molecule has 0 fully saturated rings. The first-order chi connectivity index (χ1) is 18.9. The van der Waals surface area contributed by atoms with Gasteiger partial charge in [0.25, 0.3) is 5.69 Å². The van der Waals surface area contributed by atoms with E-state index in [-0.39, 0.29) is 11.4 Å². The minimum absolute atomic E-state index is 0.105. The Morgan fingerprint density at radius 1 is 0.744 bits per heavy atom. The summed E-state index contributed by atoms with van der Waals surface area (Å²) in [6.07, 6.45) is 20.0. The molecule has 0 spiro atoms. The lowest BCUT2D eigenvalue weighted by Gasteiger charge is -2.09. The van der Waals surface area contributed by atoms with Crippen molar-refractivity contribution in [2.75, 3.05) is 5.43 Å². The van der Waals surface area contributed by atoms with Crippen molar-refractivity contribution < 1.29 is 9.85 Å². The molecule has 2 rings (SSSR count). The number of nitro benzene ring substituents is 2. The van der Waals surface area contributed by atoms with Gasteiger partial charge in [-0.1, -0.05) is 121 Å². The van der Waals surface area contributed by atoms with E-state index in [2.05, 4.69) is 17.5 Å². The maximum Gasteiger partial charge on any atom is 0.301 e. The van der Waals surface area contributed by atoms with Gasteiger partial charge in [-0.15, -0.1) is 0 Å². The van der Waals surface area contributed by atoms with E-state index < -0.39 is 15.5 Å². The molecule has 0 heterocycles. The smallest absolute Gasteiger partial charge is 0.271 e. The van der Waals surface area contributed by atoms with Gasteiger partial charge in [0.1, 0.15) is 5.69 Å². The van der Waals surface area contributed by atoms with Gasteiger partial charge in [-0.25, -0.2) is 0 Å². The predicted octanol–water partition coefficient (Wildman–Crippen LogP) is 10.2. The zero-order valence-corrected chi connectivity index (χ0v) is 24.0. The van der Waals surface area contributed by atoms with E-state index in [1.54, 1.807) is 12.1 Å². The number of anilines is 1. The van der Waals surface area contributed by atoms with Crippen LogP contribution in [0.5, 0.6) is 0 Å². The normalized spacial score (nSPS) is 11.5. The third kappa shape index (κ3) is 13.1. The number of benzene rings is 2. The molecule has 0 saturated carbocycles. The van der Waals surface area contributed by atoms with E-state index in [1.807, 2.05) is 12.1 Å². The van der Waals surface area contributed by atoms with Gasteiger partial charge in [0, 0.05) is 11.1 Å². The zero-order valence-electron chi connectivity index (χ0n) is 23.2. The molecule has 0 aliphatic rings. The Labute approximate surface area is 237 Å². The Morgan fingerprint density at radius 2 is 1.26 bits per heavy atom. The predicted molar refractivity (Wildman–Crippen MR) is 161 cm³/mol. The number of unbranched alkanes of at least 4 members (excludes halogenated alkanes) is 14. The minimum atomic E-state index is -0.657. The number of rotatable bonds is 21. The average molecular weight is 559 g/mol. The summed E-state index contributed by atoms with van der Waals surface area (Å²) in [6, 6.07) is 10.8. The van der Waals surface area contributed by atoms with E-state index in [0.717, 1.165) is 30.2 Å². The van der Waals surface area contributed by atoms with Crippen molar-refractivity contribution in [1.29, 1.82) is 0 Å². The number of nitro groups is 2. The van der Waals surface area contributed by atoms with Gasteiger partial charge in [0.05, 0.1) is 21.6 Å². The van der Waals surface area contributed by atoms with Crippen molar-refractivity contribution in [3.63, 3.8) is 0 Å². The molecule has 0 aromatic heterocycles. The monoisotopic (exact) mass is 558 g/mol. The summed E-state index contributed by atoms with van der Waals surface area (Å²) in [5, 5.41) is 27.5. The molecule has 0 unspecified atom stereocenters. The Kier molecular flexibility index (Phi) is 15.8. The third-order valence-electron chi connectivity index (χ3n) is 6.89. The van der Waals surface area contributed by atoms with Crippen molar-refractivity contribution in [3.05, 3.63) is 73.3 Å². The molecule has 0 saturated heterocycles. The van der Waals surface area contributed by atoms with E-state index >= 15 is 0 Å². The molecule has 0 bridgehead atoms. The molecular formula is C30H43ClN4O4. The maximum absolute atomic E-state index is 11.5. The van der Waals surface area contributed by atoms with Crippen LogP contribution in [-0.4, -0.2) is 15.6 Å². The number of hydrazone groups is 1. The SMILES string of the molecule is CCCCCCCCCCCCCCCCC/C(=N\Nc1ccc([N+](=O)[O-])cc1[N+](=O)[O-])c1ccc(Cl)cc1. The summed E-state index contributed by atoms with van der Waals surface area (Å²) >= 11 is 6.05. The minimum Gasteiger partial charge on any atom is -0.271 e. The van der Waals surface area contributed by atoms with Gasteiger partial charge in [0.15, 0.2) is 0 Å². The highest BCUT2D eigenvalue weighted by molar-refractivity contribution is 6.30. The van der Waals surface area contributed by atoms with Gasteiger partial charge in [0.2, 0.25) is 0 Å². The Balaban J connectivity index is 1.78. The number of non-ortho nitro benzene ring substituents is 1. The molecule has 39 heavy (non-hydrogen) atoms. The van der Waals surface area contributed by atoms with E-state index in [4.69, 9.17) is 11.6 Å². The van der Waals surface area contributed by atoms with Crippen LogP contribution in [0.15, 0.2) is 47.6 Å². The van der Waals surface area contributed by atoms with Crippen LogP contribution in [-0.2, 0) is 0 Å². The molecule has 2 aromatic carbocycles. The highest BCUT2D eigenvalue weighted by Gasteiger charge is 2.19. The van der Waals surface area contributed by atoms with Crippen LogP contribution in [0.2, 0.25) is 5.02 Å². The fraction of sp³-hybridized carbons (Fsp3) is 0.567. The third-order valence-corrected chi connectivity index (χ3v) is 7.15. The quantitative estimate of drug-likeness (QED) is 0.0708. The lowest BCUT2D eigenvalue weighted by atomic mass is 10.0. The maximum atomic E-state index is 11.5. The highest BCUT2D eigenvalue weighted by Crippen LogP contribution is 2.29. The van der Waals surface area contributed by atoms with Crippen LogP contribution in [0.3, 0.4) is 0 Å². The molecule has 0 atom stereocenters. The van der Waals surface area contributed by atoms with Crippen molar-refractivity contribution >= 4 is 34.4 Å². The van der Waals surface area contributed by atoms with Crippen LogP contribution >= 0.6 is 11.6 Å². The number of nitrogens with one attached hydrogen (secondary N) is 1. The number of hydrogen-bond acceptors (Lipinski definition) is 6. The van der Waals surface area contributed by atoms with Crippen LogP contribution in [0.25, 0.3) is 0 Å². The standard InChI is InChI=1S/C30H43ClN4O4/c1-2-3-4-5-6-7-8-9-10-11-12-13-14-15-16-17-28(25-18-20-26(31)21-19-25)32-33-29-23-22-27(34(36)37)24-30(29)35(38)39/h18-24,33H,2-17H2,1H3/b32-28+. The summed E-state index contributed by atoms with van der Waals surface area (Å²) in [5.41, 5.74) is 3.77. The summed E-state index contributed by atoms with van der Waals surface area (Å²) in [5.74, 6) is 0. The summed E-state index contributed by atoms with van der Waals surface area (Å²) < 4.78 is 0. The number of nitrogens with zero attached hydrogens (tertiary/aromatic N) is 3. The average Bonchev–Trinajstić information content (AvgIpc) is 2.92. The second-order valence-corrected chi connectivity index (χ2v) is 10.5. The fourth-order valence-electron chi connectivity index (χ4n) is 4.58. The van der Waals surface area contributed by atoms with Crippen molar-refractivity contribution in [2.24, 2.45) is 5.10 Å². The van der Waals surface area contributed by atoms with Crippen LogP contribution in [0, 0.1) is 20.2 Å². The van der Waals surface area contributed by atoms with E-state index in [0.29, 0.717) is 11.4 Å². The first kappa shape index (κ1) is 32.2. The van der Waals surface area contributed by atoms with Crippen molar-refractivity contribution in [1.82, 2.24) is 0 Å². The molecule has 0 radical (unpaired) electrons. The van der Waals surface area contributed by atoms with E-state index in [9.17, 15) is 20.2 Å². The molecule has 1 N–H and O–H groups in total. The Hall–Kier alpha value is -3.00. The summed E-state index contributed by atoms with van der Waals surface area (Å²) in [6.45, 7) is 2.26. The molecule has 9 heteroatoms. The number of hydrogen-bond donors (Lipinski definition) is 1. The summed E-state index contributed by atoms with van der Waals surface area (Å²) in [7, 11) is 0. The molecular weight excluding hydrogens is 516 g/mol. The van der Waals surface area contributed by atoms with Gasteiger partial charge in [-0.2, -0.15) is 5.10 Å². The molecule has 0 aliphatic carbocycles. The molecule has 8 nitrogen and oxygen atoms in total.